The first kappa shape index (κ1) is 13.3. The summed E-state index contributed by atoms with van der Waals surface area (Å²) < 4.78 is 5.56. The van der Waals surface area contributed by atoms with Gasteiger partial charge in [-0.25, -0.2) is 0 Å². The number of benzene rings is 1. The van der Waals surface area contributed by atoms with Crippen molar-refractivity contribution in [2.75, 3.05) is 26.7 Å². The third-order valence-corrected chi connectivity index (χ3v) is 3.91. The summed E-state index contributed by atoms with van der Waals surface area (Å²) >= 11 is 0. The first-order chi connectivity index (χ1) is 8.67. The van der Waals surface area contributed by atoms with Crippen LogP contribution in [0.15, 0.2) is 24.3 Å². The zero-order chi connectivity index (χ0) is 13.0. The zero-order valence-electron chi connectivity index (χ0n) is 10.9. The summed E-state index contributed by atoms with van der Waals surface area (Å²) in [7, 11) is 1.75. The Morgan fingerprint density at radius 1 is 1.28 bits per heavy atom. The van der Waals surface area contributed by atoms with Gasteiger partial charge < -0.3 is 15.6 Å². The molecule has 0 saturated carbocycles. The fourth-order valence-electron chi connectivity index (χ4n) is 2.47. The molecule has 1 heterocycles. The van der Waals surface area contributed by atoms with Crippen LogP contribution in [0.5, 0.6) is 5.75 Å². The summed E-state index contributed by atoms with van der Waals surface area (Å²) in [5.41, 5.74) is 6.90. The second-order valence-corrected chi connectivity index (χ2v) is 5.03. The summed E-state index contributed by atoms with van der Waals surface area (Å²) in [5.74, 6) is 0.318. The summed E-state index contributed by atoms with van der Waals surface area (Å²) in [5, 5.41) is 9.25. The number of nitrogens with two attached hydrogens (primary N) is 1. The molecule has 100 valence electrons. The van der Waals surface area contributed by atoms with Crippen LogP contribution in [0.4, 0.5) is 0 Å². The third-order valence-electron chi connectivity index (χ3n) is 3.91. The maximum Gasteiger partial charge on any atom is 0.115 e. The van der Waals surface area contributed by atoms with Gasteiger partial charge in [-0.1, -0.05) is 12.1 Å². The van der Waals surface area contributed by atoms with Gasteiger partial charge in [-0.2, -0.15) is 0 Å². The summed E-state index contributed by atoms with van der Waals surface area (Å²) in [4.78, 5) is 2.40. The van der Waals surface area contributed by atoms with Gasteiger partial charge in [0.25, 0.3) is 0 Å². The molecule has 1 saturated heterocycles. The van der Waals surface area contributed by atoms with Crippen LogP contribution in [0.2, 0.25) is 0 Å². The Morgan fingerprint density at radius 2 is 1.89 bits per heavy atom. The predicted molar refractivity (Wildman–Crippen MR) is 71.4 cm³/mol. The van der Waals surface area contributed by atoms with E-state index in [1.807, 2.05) is 12.1 Å². The molecule has 0 atom stereocenters. The van der Waals surface area contributed by atoms with Crippen molar-refractivity contribution in [3.05, 3.63) is 29.8 Å². The standard InChI is InChI=1S/C14H22N2O2/c1-18-14(11-15)6-8-16(9-7-14)10-12-2-4-13(17)5-3-12/h2-5,17H,6-11,15H2,1H3. The second kappa shape index (κ2) is 5.69. The Balaban J connectivity index is 1.88. The molecule has 18 heavy (non-hydrogen) atoms. The molecule has 1 aromatic rings. The lowest BCUT2D eigenvalue weighted by Crippen LogP contribution is -2.49. The molecule has 0 amide bonds. The predicted octanol–water partition coefficient (Wildman–Crippen LogP) is 1.33. The number of rotatable bonds is 4. The van der Waals surface area contributed by atoms with Crippen molar-refractivity contribution in [2.45, 2.75) is 25.0 Å². The molecular formula is C14H22N2O2. The van der Waals surface area contributed by atoms with E-state index >= 15 is 0 Å². The fraction of sp³-hybridized carbons (Fsp3) is 0.571. The molecule has 1 aliphatic rings. The molecule has 0 spiro atoms. The number of aromatic hydroxyl groups is 1. The molecule has 4 heteroatoms. The van der Waals surface area contributed by atoms with E-state index < -0.39 is 0 Å². The molecule has 0 radical (unpaired) electrons. The number of hydrogen-bond acceptors (Lipinski definition) is 4. The molecular weight excluding hydrogens is 228 g/mol. The Morgan fingerprint density at radius 3 is 2.39 bits per heavy atom. The second-order valence-electron chi connectivity index (χ2n) is 5.03. The van der Waals surface area contributed by atoms with Crippen LogP contribution in [0, 0.1) is 0 Å². The molecule has 0 aromatic heterocycles. The highest BCUT2D eigenvalue weighted by Gasteiger charge is 2.32. The van der Waals surface area contributed by atoms with Crippen LogP contribution < -0.4 is 5.73 Å². The number of phenols is 1. The molecule has 3 N–H and O–H groups in total. The highest BCUT2D eigenvalue weighted by atomic mass is 16.5. The van der Waals surface area contributed by atoms with Gasteiger partial charge in [0.05, 0.1) is 5.60 Å². The third kappa shape index (κ3) is 3.02. The van der Waals surface area contributed by atoms with Gasteiger partial charge in [-0.05, 0) is 30.5 Å². The van der Waals surface area contributed by atoms with Crippen LogP contribution in [-0.4, -0.2) is 42.4 Å². The minimum atomic E-state index is -0.120. The average Bonchev–Trinajstić information content (AvgIpc) is 2.43. The minimum absolute atomic E-state index is 0.120. The van der Waals surface area contributed by atoms with Crippen molar-refractivity contribution in [1.29, 1.82) is 0 Å². The molecule has 1 fully saturated rings. The Hall–Kier alpha value is -1.10. The van der Waals surface area contributed by atoms with Crippen molar-refractivity contribution in [3.63, 3.8) is 0 Å². The maximum atomic E-state index is 9.25. The van der Waals surface area contributed by atoms with E-state index in [4.69, 9.17) is 10.5 Å². The normalized spacial score (nSPS) is 19.9. The molecule has 0 bridgehead atoms. The smallest absolute Gasteiger partial charge is 0.115 e. The Bertz CT molecular complexity index is 364. The summed E-state index contributed by atoms with van der Waals surface area (Å²) in [6.45, 7) is 3.53. The van der Waals surface area contributed by atoms with Gasteiger partial charge >= 0.3 is 0 Å². The topological polar surface area (TPSA) is 58.7 Å². The van der Waals surface area contributed by atoms with Gasteiger partial charge in [0.15, 0.2) is 0 Å². The van der Waals surface area contributed by atoms with Gasteiger partial charge in [0.1, 0.15) is 5.75 Å². The number of piperidine rings is 1. The van der Waals surface area contributed by atoms with Crippen molar-refractivity contribution >= 4 is 0 Å². The largest absolute Gasteiger partial charge is 0.508 e. The maximum absolute atomic E-state index is 9.25. The Kier molecular flexibility index (Phi) is 4.22. The first-order valence-electron chi connectivity index (χ1n) is 6.43. The van der Waals surface area contributed by atoms with Gasteiger partial charge in [-0.3, -0.25) is 4.90 Å². The number of hydrogen-bond donors (Lipinski definition) is 2. The number of methoxy groups -OCH3 is 1. The van der Waals surface area contributed by atoms with E-state index in [9.17, 15) is 5.11 Å². The van der Waals surface area contributed by atoms with Crippen LogP contribution in [0.25, 0.3) is 0 Å². The van der Waals surface area contributed by atoms with E-state index in [-0.39, 0.29) is 5.60 Å². The number of likely N-dealkylation sites (tertiary alicyclic amines) is 1. The van der Waals surface area contributed by atoms with Crippen LogP contribution in [-0.2, 0) is 11.3 Å². The quantitative estimate of drug-likeness (QED) is 0.846. The lowest BCUT2D eigenvalue weighted by atomic mass is 9.91. The van der Waals surface area contributed by atoms with E-state index in [1.165, 1.54) is 5.56 Å². The fourth-order valence-corrected chi connectivity index (χ4v) is 2.47. The van der Waals surface area contributed by atoms with E-state index in [0.717, 1.165) is 32.5 Å². The highest BCUT2D eigenvalue weighted by Crippen LogP contribution is 2.25. The molecule has 0 aliphatic carbocycles. The molecule has 2 rings (SSSR count). The highest BCUT2D eigenvalue weighted by molar-refractivity contribution is 5.25. The first-order valence-corrected chi connectivity index (χ1v) is 6.43. The van der Waals surface area contributed by atoms with Crippen molar-refractivity contribution in [3.8, 4) is 5.75 Å². The van der Waals surface area contributed by atoms with E-state index in [2.05, 4.69) is 4.90 Å². The van der Waals surface area contributed by atoms with Gasteiger partial charge in [0.2, 0.25) is 0 Å². The van der Waals surface area contributed by atoms with Crippen LogP contribution in [0.3, 0.4) is 0 Å². The molecule has 1 aromatic carbocycles. The molecule has 0 unspecified atom stereocenters. The number of phenolic OH excluding ortho intramolecular Hbond substituents is 1. The monoisotopic (exact) mass is 250 g/mol. The van der Waals surface area contributed by atoms with Crippen LogP contribution >= 0.6 is 0 Å². The number of nitrogens with zero attached hydrogens (tertiary/aromatic N) is 1. The number of ether oxygens (including phenoxy) is 1. The van der Waals surface area contributed by atoms with Crippen molar-refractivity contribution in [2.24, 2.45) is 5.73 Å². The summed E-state index contributed by atoms with van der Waals surface area (Å²) in [6.07, 6.45) is 1.97. The summed E-state index contributed by atoms with van der Waals surface area (Å²) in [6, 6.07) is 7.41. The molecule has 1 aliphatic heterocycles. The van der Waals surface area contributed by atoms with E-state index in [1.54, 1.807) is 19.2 Å². The van der Waals surface area contributed by atoms with Crippen LogP contribution in [0.1, 0.15) is 18.4 Å². The lowest BCUT2D eigenvalue weighted by Gasteiger charge is -2.40. The lowest BCUT2D eigenvalue weighted by molar-refractivity contribution is -0.0511. The van der Waals surface area contributed by atoms with Gasteiger partial charge in [-0.15, -0.1) is 0 Å². The van der Waals surface area contributed by atoms with Gasteiger partial charge in [0, 0.05) is 33.3 Å². The zero-order valence-corrected chi connectivity index (χ0v) is 10.9. The SMILES string of the molecule is COC1(CN)CCN(Cc2ccc(O)cc2)CC1. The Labute approximate surface area is 108 Å². The van der Waals surface area contributed by atoms with Crippen molar-refractivity contribution in [1.82, 2.24) is 4.90 Å². The minimum Gasteiger partial charge on any atom is -0.508 e. The molecule has 4 nitrogen and oxygen atoms in total. The average molecular weight is 250 g/mol. The van der Waals surface area contributed by atoms with E-state index in [0.29, 0.717) is 12.3 Å². The van der Waals surface area contributed by atoms with Crippen molar-refractivity contribution < 1.29 is 9.84 Å².